The average molecular weight is 608 g/mol. The number of rotatable bonds is 6. The van der Waals surface area contributed by atoms with Gasteiger partial charge in [0.25, 0.3) is 5.91 Å². The van der Waals surface area contributed by atoms with Crippen molar-refractivity contribution in [2.45, 2.75) is 31.7 Å². The number of fused-ring (bicyclic) bond motifs is 1. The summed E-state index contributed by atoms with van der Waals surface area (Å²) in [5, 5.41) is 20.3. The number of thiazole rings is 1. The fourth-order valence-electron chi connectivity index (χ4n) is 5.70. The Morgan fingerprint density at radius 3 is 2.62 bits per heavy atom. The summed E-state index contributed by atoms with van der Waals surface area (Å²) in [5.74, 6) is -0.271. The molecule has 3 aliphatic rings. The quantitative estimate of drug-likeness (QED) is 0.346. The molecule has 0 spiro atoms. The molecule has 0 aliphatic carbocycles. The van der Waals surface area contributed by atoms with E-state index in [2.05, 4.69) is 20.5 Å². The minimum atomic E-state index is -0.767. The summed E-state index contributed by atoms with van der Waals surface area (Å²) in [6.07, 6.45) is 4.83. The molecule has 3 fully saturated rings. The fourth-order valence-corrected chi connectivity index (χ4v) is 8.13. The normalized spacial score (nSPS) is 21.7. The molecule has 39 heavy (non-hydrogen) atoms. The van der Waals surface area contributed by atoms with Crippen LogP contribution in [0.25, 0.3) is 10.6 Å². The van der Waals surface area contributed by atoms with E-state index in [0.717, 1.165) is 41.6 Å². The molecule has 2 unspecified atom stereocenters. The summed E-state index contributed by atoms with van der Waals surface area (Å²) < 4.78 is 0. The Labute approximate surface area is 244 Å². The molecule has 3 aromatic heterocycles. The third-order valence-corrected chi connectivity index (χ3v) is 10.4. The highest BCUT2D eigenvalue weighted by atomic mass is 35.5. The third kappa shape index (κ3) is 5.60. The van der Waals surface area contributed by atoms with Crippen LogP contribution >= 0.6 is 45.9 Å². The van der Waals surface area contributed by atoms with Crippen molar-refractivity contribution < 1.29 is 14.7 Å². The second kappa shape index (κ2) is 11.2. The van der Waals surface area contributed by atoms with Crippen LogP contribution in [0.15, 0.2) is 23.7 Å². The standard InChI is InChI=1S/C26H28Cl2N6O3S2/c27-17-10-20(38-13-17)21-24(34-8-4-19-15(12-34)1-5-29-19)39-26(31-21)32-23(35)16-9-18(28)22(30-11-16)33-6-2-14(3-7-33)25(36)37/h9-11,13-15,19,29H,1-8,12H2,(H,36,37)(H,31,32,35). The van der Waals surface area contributed by atoms with Crippen molar-refractivity contribution in [3.8, 4) is 10.6 Å². The second-order valence-corrected chi connectivity index (χ2v) is 13.0. The number of amides is 1. The van der Waals surface area contributed by atoms with E-state index >= 15 is 0 Å². The van der Waals surface area contributed by atoms with Crippen LogP contribution in [0.3, 0.4) is 0 Å². The molecule has 3 N–H and O–H groups in total. The number of aromatic nitrogens is 2. The first-order valence-electron chi connectivity index (χ1n) is 13.0. The van der Waals surface area contributed by atoms with E-state index in [-0.39, 0.29) is 11.8 Å². The molecule has 0 saturated carbocycles. The van der Waals surface area contributed by atoms with Crippen molar-refractivity contribution >= 4 is 73.7 Å². The number of aliphatic carboxylic acids is 1. The van der Waals surface area contributed by atoms with E-state index in [4.69, 9.17) is 28.2 Å². The lowest BCUT2D eigenvalue weighted by Crippen LogP contribution is -2.44. The maximum absolute atomic E-state index is 13.2. The van der Waals surface area contributed by atoms with Gasteiger partial charge in [-0.25, -0.2) is 9.97 Å². The summed E-state index contributed by atoms with van der Waals surface area (Å²) in [7, 11) is 0. The van der Waals surface area contributed by atoms with Gasteiger partial charge < -0.3 is 20.2 Å². The number of halogens is 2. The van der Waals surface area contributed by atoms with Crippen LogP contribution in [0.5, 0.6) is 0 Å². The number of hydrogen-bond acceptors (Lipinski definition) is 9. The Bertz CT molecular complexity index is 1390. The van der Waals surface area contributed by atoms with Crippen LogP contribution in [-0.4, -0.2) is 65.7 Å². The fraction of sp³-hybridized carbons (Fsp3) is 0.462. The lowest BCUT2D eigenvalue weighted by Gasteiger charge is -2.35. The maximum atomic E-state index is 13.2. The average Bonchev–Trinajstić information content (AvgIpc) is 3.68. The van der Waals surface area contributed by atoms with Crippen LogP contribution in [0.4, 0.5) is 16.0 Å². The third-order valence-electron chi connectivity index (χ3n) is 7.80. The van der Waals surface area contributed by atoms with Crippen molar-refractivity contribution in [2.24, 2.45) is 11.8 Å². The van der Waals surface area contributed by atoms with Crippen molar-refractivity contribution in [1.29, 1.82) is 0 Å². The molecule has 206 valence electrons. The van der Waals surface area contributed by atoms with Gasteiger partial charge in [-0.1, -0.05) is 34.5 Å². The van der Waals surface area contributed by atoms with Gasteiger partial charge in [0.1, 0.15) is 16.5 Å². The van der Waals surface area contributed by atoms with Gasteiger partial charge >= 0.3 is 5.97 Å². The van der Waals surface area contributed by atoms with Gasteiger partial charge in [0.05, 0.1) is 26.4 Å². The highest BCUT2D eigenvalue weighted by Crippen LogP contribution is 2.43. The van der Waals surface area contributed by atoms with E-state index in [1.54, 1.807) is 17.4 Å². The van der Waals surface area contributed by atoms with Crippen molar-refractivity contribution in [3.05, 3.63) is 39.3 Å². The van der Waals surface area contributed by atoms with Gasteiger partial charge in [0, 0.05) is 43.8 Å². The van der Waals surface area contributed by atoms with E-state index in [1.807, 2.05) is 16.3 Å². The maximum Gasteiger partial charge on any atom is 0.306 e. The van der Waals surface area contributed by atoms with Crippen molar-refractivity contribution in [2.75, 3.05) is 47.8 Å². The molecule has 0 bridgehead atoms. The Morgan fingerprint density at radius 2 is 1.90 bits per heavy atom. The van der Waals surface area contributed by atoms with Crippen LogP contribution in [0.1, 0.15) is 36.0 Å². The van der Waals surface area contributed by atoms with Gasteiger partial charge in [-0.15, -0.1) is 11.3 Å². The lowest BCUT2D eigenvalue weighted by atomic mass is 9.93. The number of carboxylic acid groups (broad SMARTS) is 1. The van der Waals surface area contributed by atoms with Crippen LogP contribution < -0.4 is 20.4 Å². The number of carbonyl (C=O) groups is 2. The minimum Gasteiger partial charge on any atom is -0.481 e. The van der Waals surface area contributed by atoms with Gasteiger partial charge in [-0.2, -0.15) is 0 Å². The molecular weight excluding hydrogens is 579 g/mol. The highest BCUT2D eigenvalue weighted by molar-refractivity contribution is 7.21. The number of anilines is 3. The topological polar surface area (TPSA) is 111 Å². The van der Waals surface area contributed by atoms with Crippen LogP contribution in [0.2, 0.25) is 10.0 Å². The molecule has 2 atom stereocenters. The molecule has 0 aromatic carbocycles. The Morgan fingerprint density at radius 1 is 1.10 bits per heavy atom. The number of carboxylic acids is 1. The molecule has 3 aliphatic heterocycles. The van der Waals surface area contributed by atoms with Crippen molar-refractivity contribution in [3.63, 3.8) is 0 Å². The Hall–Kier alpha value is -2.44. The molecule has 0 radical (unpaired) electrons. The van der Waals surface area contributed by atoms with Gasteiger partial charge in [0.15, 0.2) is 5.13 Å². The molecule has 3 aromatic rings. The molecule has 1 amide bonds. The highest BCUT2D eigenvalue weighted by Gasteiger charge is 2.35. The Balaban J connectivity index is 1.20. The number of nitrogens with zero attached hydrogens (tertiary/aromatic N) is 4. The molecule has 6 rings (SSSR count). The largest absolute Gasteiger partial charge is 0.481 e. The van der Waals surface area contributed by atoms with E-state index in [1.165, 1.54) is 24.0 Å². The molecule has 6 heterocycles. The number of piperidine rings is 2. The Kier molecular flexibility index (Phi) is 7.69. The molecule has 9 nitrogen and oxygen atoms in total. The smallest absolute Gasteiger partial charge is 0.306 e. The van der Waals surface area contributed by atoms with Gasteiger partial charge in [-0.05, 0) is 50.3 Å². The number of pyridine rings is 1. The number of thiophene rings is 1. The van der Waals surface area contributed by atoms with Gasteiger partial charge in [0.2, 0.25) is 0 Å². The minimum absolute atomic E-state index is 0.333. The summed E-state index contributed by atoms with van der Waals surface area (Å²) in [4.78, 5) is 39.1. The summed E-state index contributed by atoms with van der Waals surface area (Å²) in [5.41, 5.74) is 1.17. The van der Waals surface area contributed by atoms with E-state index in [0.29, 0.717) is 64.4 Å². The predicted molar refractivity (Wildman–Crippen MR) is 157 cm³/mol. The van der Waals surface area contributed by atoms with Crippen LogP contribution in [0, 0.1) is 11.8 Å². The SMILES string of the molecule is O=C(Nc1nc(-c2cc(Cl)cs2)c(N2CCC3NCCC3C2)s1)c1cnc(N2CCC(C(=O)O)CC2)c(Cl)c1. The van der Waals surface area contributed by atoms with E-state index in [9.17, 15) is 14.7 Å². The zero-order valence-corrected chi connectivity index (χ0v) is 24.2. The summed E-state index contributed by atoms with van der Waals surface area (Å²) in [6, 6.07) is 4.10. The second-order valence-electron chi connectivity index (χ2n) is 10.2. The van der Waals surface area contributed by atoms with Gasteiger partial charge in [-0.3, -0.25) is 14.9 Å². The zero-order chi connectivity index (χ0) is 27.1. The summed E-state index contributed by atoms with van der Waals surface area (Å²) in [6.45, 7) is 4.07. The number of hydrogen-bond donors (Lipinski definition) is 3. The first-order valence-corrected chi connectivity index (χ1v) is 15.5. The lowest BCUT2D eigenvalue weighted by molar-refractivity contribution is -0.142. The first kappa shape index (κ1) is 26.8. The molecule has 3 saturated heterocycles. The zero-order valence-electron chi connectivity index (χ0n) is 21.0. The number of nitrogens with one attached hydrogen (secondary N) is 2. The van der Waals surface area contributed by atoms with Crippen molar-refractivity contribution in [1.82, 2.24) is 15.3 Å². The predicted octanol–water partition coefficient (Wildman–Crippen LogP) is 5.31. The number of carbonyl (C=O) groups excluding carboxylic acids is 1. The van der Waals surface area contributed by atoms with Crippen LogP contribution in [-0.2, 0) is 4.79 Å². The molecule has 13 heteroatoms. The van der Waals surface area contributed by atoms with E-state index < -0.39 is 5.97 Å². The summed E-state index contributed by atoms with van der Waals surface area (Å²) >= 11 is 15.8. The molecular formula is C26H28Cl2N6O3S2. The first-order chi connectivity index (χ1) is 18.9. The monoisotopic (exact) mass is 606 g/mol.